The lowest BCUT2D eigenvalue weighted by atomic mass is 10.1. The molecule has 0 saturated carbocycles. The Labute approximate surface area is 159 Å². The first kappa shape index (κ1) is 18.8. The van der Waals surface area contributed by atoms with Gasteiger partial charge in [0.1, 0.15) is 0 Å². The molecule has 1 aliphatic rings. The maximum atomic E-state index is 10.6. The van der Waals surface area contributed by atoms with Gasteiger partial charge in [0.05, 0.1) is 31.0 Å². The molecule has 5 nitrogen and oxygen atoms in total. The topological polar surface area (TPSA) is 45.2 Å². The van der Waals surface area contributed by atoms with Crippen LogP contribution in [0.4, 0.5) is 5.69 Å². The van der Waals surface area contributed by atoms with Gasteiger partial charge in [-0.25, -0.2) is 0 Å². The van der Waals surface area contributed by atoms with E-state index in [1.807, 2.05) is 36.4 Å². The van der Waals surface area contributed by atoms with E-state index in [1.54, 1.807) is 14.2 Å². The normalized spacial score (nSPS) is 16.4. The summed E-state index contributed by atoms with van der Waals surface area (Å²) in [5, 5.41) is 11.4. The number of ether oxygens (including phenoxy) is 2. The van der Waals surface area contributed by atoms with Crippen molar-refractivity contribution in [1.29, 1.82) is 0 Å². The second-order valence-electron chi connectivity index (χ2n) is 6.37. The number of aliphatic hydroxyl groups is 1. The van der Waals surface area contributed by atoms with Gasteiger partial charge in [-0.3, -0.25) is 4.90 Å². The van der Waals surface area contributed by atoms with Gasteiger partial charge in [0.2, 0.25) is 0 Å². The molecule has 3 rings (SSSR count). The molecule has 1 heterocycles. The van der Waals surface area contributed by atoms with Gasteiger partial charge in [-0.1, -0.05) is 29.8 Å². The number of piperazine rings is 1. The molecule has 0 aliphatic carbocycles. The van der Waals surface area contributed by atoms with Crippen molar-refractivity contribution in [1.82, 2.24) is 4.90 Å². The summed E-state index contributed by atoms with van der Waals surface area (Å²) in [6.45, 7) is 4.14. The Hall–Kier alpha value is -1.95. The van der Waals surface area contributed by atoms with Crippen molar-refractivity contribution >= 4 is 17.3 Å². The number of rotatable bonds is 6. The van der Waals surface area contributed by atoms with Gasteiger partial charge in [-0.2, -0.15) is 0 Å². The number of anilines is 1. The molecule has 26 heavy (non-hydrogen) atoms. The van der Waals surface area contributed by atoms with Crippen LogP contribution in [0.5, 0.6) is 11.5 Å². The van der Waals surface area contributed by atoms with Gasteiger partial charge in [0.25, 0.3) is 0 Å². The molecule has 0 aromatic heterocycles. The van der Waals surface area contributed by atoms with Crippen molar-refractivity contribution in [3.05, 3.63) is 53.1 Å². The Kier molecular flexibility index (Phi) is 6.25. The fraction of sp³-hybridized carbons (Fsp3) is 0.400. The molecular formula is C20H25ClN2O3. The van der Waals surface area contributed by atoms with Crippen LogP contribution in [0.3, 0.4) is 0 Å². The lowest BCUT2D eigenvalue weighted by Gasteiger charge is -2.37. The van der Waals surface area contributed by atoms with E-state index in [4.69, 9.17) is 21.1 Å². The fourth-order valence-electron chi connectivity index (χ4n) is 3.29. The number of hydrogen-bond acceptors (Lipinski definition) is 5. The SMILES string of the molecule is COc1ccc([C@H](O)CN2CCN(c3ccccc3Cl)CC2)cc1OC. The quantitative estimate of drug-likeness (QED) is 0.838. The second kappa shape index (κ2) is 8.62. The van der Waals surface area contributed by atoms with Gasteiger partial charge in [0.15, 0.2) is 11.5 Å². The smallest absolute Gasteiger partial charge is 0.161 e. The summed E-state index contributed by atoms with van der Waals surface area (Å²) in [6.07, 6.45) is -0.568. The Morgan fingerprint density at radius 2 is 1.69 bits per heavy atom. The van der Waals surface area contributed by atoms with Crippen LogP contribution in [0.1, 0.15) is 11.7 Å². The molecule has 0 spiro atoms. The van der Waals surface area contributed by atoms with Crippen molar-refractivity contribution in [2.24, 2.45) is 0 Å². The lowest BCUT2D eigenvalue weighted by Crippen LogP contribution is -2.47. The largest absolute Gasteiger partial charge is 0.493 e. The predicted octanol–water partition coefficient (Wildman–Crippen LogP) is 3.21. The zero-order valence-corrected chi connectivity index (χ0v) is 15.9. The first-order valence-electron chi connectivity index (χ1n) is 8.74. The standard InChI is InChI=1S/C20H25ClN2O3/c1-25-19-8-7-15(13-20(19)26-2)18(24)14-22-9-11-23(12-10-22)17-6-4-3-5-16(17)21/h3-8,13,18,24H,9-12,14H2,1-2H3/t18-/m1/s1. The van der Waals surface area contributed by atoms with Crippen molar-refractivity contribution in [2.75, 3.05) is 51.8 Å². The summed E-state index contributed by atoms with van der Waals surface area (Å²) in [4.78, 5) is 4.57. The predicted molar refractivity (Wildman–Crippen MR) is 105 cm³/mol. The highest BCUT2D eigenvalue weighted by molar-refractivity contribution is 6.33. The van der Waals surface area contributed by atoms with E-state index < -0.39 is 6.10 Å². The number of nitrogens with zero attached hydrogens (tertiary/aromatic N) is 2. The van der Waals surface area contributed by atoms with Crippen LogP contribution in [0.25, 0.3) is 0 Å². The third-order valence-electron chi connectivity index (χ3n) is 4.79. The van der Waals surface area contributed by atoms with Crippen LogP contribution < -0.4 is 14.4 Å². The van der Waals surface area contributed by atoms with Crippen LogP contribution >= 0.6 is 11.6 Å². The monoisotopic (exact) mass is 376 g/mol. The van der Waals surface area contributed by atoms with E-state index in [0.717, 1.165) is 42.5 Å². The van der Waals surface area contributed by atoms with E-state index in [0.29, 0.717) is 18.0 Å². The summed E-state index contributed by atoms with van der Waals surface area (Å²) < 4.78 is 10.6. The summed E-state index contributed by atoms with van der Waals surface area (Å²) in [5.74, 6) is 1.30. The zero-order valence-electron chi connectivity index (χ0n) is 15.2. The molecule has 1 atom stereocenters. The van der Waals surface area contributed by atoms with Gasteiger partial charge in [-0.15, -0.1) is 0 Å². The number of hydrogen-bond donors (Lipinski definition) is 1. The number of methoxy groups -OCH3 is 2. The van der Waals surface area contributed by atoms with Crippen LogP contribution in [-0.4, -0.2) is 56.9 Å². The molecule has 1 fully saturated rings. The van der Waals surface area contributed by atoms with Crippen molar-refractivity contribution in [3.63, 3.8) is 0 Å². The molecule has 1 saturated heterocycles. The summed E-state index contributed by atoms with van der Waals surface area (Å²) in [7, 11) is 3.20. The molecule has 0 amide bonds. The minimum absolute atomic E-state index is 0.568. The summed E-state index contributed by atoms with van der Waals surface area (Å²) in [5.41, 5.74) is 1.91. The molecule has 1 aliphatic heterocycles. The molecule has 2 aromatic carbocycles. The average molecular weight is 377 g/mol. The maximum absolute atomic E-state index is 10.6. The van der Waals surface area contributed by atoms with Crippen LogP contribution in [0.2, 0.25) is 5.02 Å². The van der Waals surface area contributed by atoms with Crippen LogP contribution in [-0.2, 0) is 0 Å². The third kappa shape index (κ3) is 4.23. The van der Waals surface area contributed by atoms with E-state index in [9.17, 15) is 5.11 Å². The minimum Gasteiger partial charge on any atom is -0.493 e. The summed E-state index contributed by atoms with van der Waals surface area (Å²) >= 11 is 6.29. The molecule has 6 heteroatoms. The van der Waals surface area contributed by atoms with Gasteiger partial charge < -0.3 is 19.5 Å². The Morgan fingerprint density at radius 1 is 1.00 bits per heavy atom. The highest BCUT2D eigenvalue weighted by atomic mass is 35.5. The van der Waals surface area contributed by atoms with Crippen LogP contribution in [0, 0.1) is 0 Å². The van der Waals surface area contributed by atoms with E-state index in [-0.39, 0.29) is 0 Å². The Balaban J connectivity index is 1.58. The van der Waals surface area contributed by atoms with E-state index in [2.05, 4.69) is 15.9 Å². The van der Waals surface area contributed by atoms with Crippen molar-refractivity contribution in [3.8, 4) is 11.5 Å². The van der Waals surface area contributed by atoms with Crippen molar-refractivity contribution < 1.29 is 14.6 Å². The Bertz CT molecular complexity index is 733. The van der Waals surface area contributed by atoms with E-state index in [1.165, 1.54) is 0 Å². The van der Waals surface area contributed by atoms with Gasteiger partial charge >= 0.3 is 0 Å². The van der Waals surface area contributed by atoms with Crippen molar-refractivity contribution in [2.45, 2.75) is 6.10 Å². The highest BCUT2D eigenvalue weighted by Gasteiger charge is 2.21. The van der Waals surface area contributed by atoms with Crippen LogP contribution in [0.15, 0.2) is 42.5 Å². The average Bonchev–Trinajstić information content (AvgIpc) is 2.68. The molecule has 2 aromatic rings. The molecule has 140 valence electrons. The number of para-hydroxylation sites is 1. The molecule has 1 N–H and O–H groups in total. The number of benzene rings is 2. The first-order chi connectivity index (χ1) is 12.6. The lowest BCUT2D eigenvalue weighted by molar-refractivity contribution is 0.109. The minimum atomic E-state index is -0.568. The fourth-order valence-corrected chi connectivity index (χ4v) is 3.54. The number of halogens is 1. The van der Waals surface area contributed by atoms with Gasteiger partial charge in [-0.05, 0) is 29.8 Å². The summed E-state index contributed by atoms with van der Waals surface area (Å²) in [6, 6.07) is 13.5. The highest BCUT2D eigenvalue weighted by Crippen LogP contribution is 2.31. The molecule has 0 bridgehead atoms. The second-order valence-corrected chi connectivity index (χ2v) is 6.78. The maximum Gasteiger partial charge on any atom is 0.161 e. The molecule has 0 radical (unpaired) electrons. The first-order valence-corrected chi connectivity index (χ1v) is 9.12. The molecular weight excluding hydrogens is 352 g/mol. The number of aliphatic hydroxyl groups excluding tert-OH is 1. The molecule has 0 unspecified atom stereocenters. The number of β-amino-alcohol motifs (C(OH)–C–C–N with tert-alkyl or cyclic N) is 1. The Morgan fingerprint density at radius 3 is 2.35 bits per heavy atom. The zero-order chi connectivity index (χ0) is 18.5. The third-order valence-corrected chi connectivity index (χ3v) is 5.11. The van der Waals surface area contributed by atoms with E-state index >= 15 is 0 Å². The van der Waals surface area contributed by atoms with Gasteiger partial charge in [0, 0.05) is 32.7 Å².